The van der Waals surface area contributed by atoms with Gasteiger partial charge in [0.05, 0.1) is 50.9 Å². The molecule has 8 heteroatoms. The number of carbonyl (C=O) groups excluding carboxylic acids is 2. The molecular weight excluding hydrogens is 520 g/mol. The van der Waals surface area contributed by atoms with E-state index in [1.165, 1.54) is 0 Å². The highest BCUT2D eigenvalue weighted by Gasteiger charge is 2.16. The summed E-state index contributed by atoms with van der Waals surface area (Å²) in [4.78, 5) is 25.0. The molecule has 0 aliphatic rings. The van der Waals surface area contributed by atoms with E-state index in [4.69, 9.17) is 18.9 Å². The van der Waals surface area contributed by atoms with Crippen LogP contribution in [0.3, 0.4) is 0 Å². The van der Waals surface area contributed by atoms with Gasteiger partial charge in [-0.15, -0.1) is 0 Å². The summed E-state index contributed by atoms with van der Waals surface area (Å²) in [5.41, 5.74) is 1.24. The van der Waals surface area contributed by atoms with Gasteiger partial charge in [-0.1, -0.05) is 67.6 Å². The minimum absolute atomic E-state index is 0.0522. The van der Waals surface area contributed by atoms with Gasteiger partial charge in [-0.25, -0.2) is 0 Å². The zero-order valence-corrected chi connectivity index (χ0v) is 23.5. The van der Waals surface area contributed by atoms with Crippen molar-refractivity contribution >= 4 is 39.0 Å². The summed E-state index contributed by atoms with van der Waals surface area (Å²) in [5.74, 6) is 0.442. The van der Waals surface area contributed by atoms with Crippen molar-refractivity contribution < 1.29 is 28.5 Å². The molecule has 4 aromatic carbocycles. The summed E-state index contributed by atoms with van der Waals surface area (Å²) in [6, 6.07) is 25.3. The lowest BCUT2D eigenvalue weighted by Gasteiger charge is -2.15. The Labute approximate surface area is 240 Å². The molecule has 0 saturated carbocycles. The molecule has 4 aromatic rings. The SMILES string of the molecule is CCCC(=O)NCCOCCOCCOCCOc1ccccc1NC(=O)c1c2ccccc2cc2ccccc12. The second-order valence-electron chi connectivity index (χ2n) is 9.43. The molecule has 0 unspecified atom stereocenters. The van der Waals surface area contributed by atoms with Crippen molar-refractivity contribution in [2.45, 2.75) is 19.8 Å². The number of carbonyl (C=O) groups is 2. The third-order valence-corrected chi connectivity index (χ3v) is 6.41. The fraction of sp³-hybridized carbons (Fsp3) is 0.333. The van der Waals surface area contributed by atoms with Crippen LogP contribution in [0.2, 0.25) is 0 Å². The molecule has 2 N–H and O–H groups in total. The molecule has 0 aliphatic heterocycles. The average molecular weight is 559 g/mol. The van der Waals surface area contributed by atoms with Crippen LogP contribution in [0.15, 0.2) is 78.9 Å². The van der Waals surface area contributed by atoms with E-state index in [1.807, 2.05) is 79.7 Å². The molecule has 0 spiro atoms. The largest absolute Gasteiger partial charge is 0.489 e. The van der Waals surface area contributed by atoms with Crippen molar-refractivity contribution in [2.75, 3.05) is 58.1 Å². The quantitative estimate of drug-likeness (QED) is 0.130. The lowest BCUT2D eigenvalue weighted by atomic mass is 9.96. The van der Waals surface area contributed by atoms with Crippen molar-refractivity contribution in [1.29, 1.82) is 0 Å². The fourth-order valence-corrected chi connectivity index (χ4v) is 4.47. The number of para-hydroxylation sites is 2. The monoisotopic (exact) mass is 558 g/mol. The highest BCUT2D eigenvalue weighted by Crippen LogP contribution is 2.31. The molecule has 4 rings (SSSR count). The van der Waals surface area contributed by atoms with E-state index in [0.717, 1.165) is 28.0 Å². The number of amides is 2. The molecule has 8 nitrogen and oxygen atoms in total. The standard InChI is InChI=1S/C33H38N2O6/c1-2-9-31(36)34-16-17-38-18-19-39-20-21-40-22-23-41-30-15-8-7-14-29(30)35-33(37)32-27-12-5-3-10-25(27)24-26-11-4-6-13-28(26)32/h3-8,10-15,24H,2,9,16-23H2,1H3,(H,34,36)(H,35,37). The first kappa shape index (κ1) is 30.0. The molecule has 0 atom stereocenters. The minimum Gasteiger partial charge on any atom is -0.489 e. The summed E-state index contributed by atoms with van der Waals surface area (Å²) in [5, 5.41) is 9.70. The Hall–Kier alpha value is -3.98. The molecule has 0 bridgehead atoms. The molecule has 2 amide bonds. The van der Waals surface area contributed by atoms with Gasteiger partial charge in [0.25, 0.3) is 5.91 Å². The second kappa shape index (κ2) is 16.3. The third kappa shape index (κ3) is 9.01. The van der Waals surface area contributed by atoms with Crippen LogP contribution in [0.25, 0.3) is 21.5 Å². The molecule has 216 valence electrons. The molecule has 0 fully saturated rings. The van der Waals surface area contributed by atoms with Crippen molar-refractivity contribution in [1.82, 2.24) is 5.32 Å². The van der Waals surface area contributed by atoms with Crippen LogP contribution >= 0.6 is 0 Å². The third-order valence-electron chi connectivity index (χ3n) is 6.41. The van der Waals surface area contributed by atoms with E-state index in [0.29, 0.717) is 76.2 Å². The lowest BCUT2D eigenvalue weighted by Crippen LogP contribution is -2.27. The molecule has 0 radical (unpaired) electrons. The number of benzene rings is 4. The van der Waals surface area contributed by atoms with Gasteiger partial charge in [-0.3, -0.25) is 9.59 Å². The van der Waals surface area contributed by atoms with Gasteiger partial charge in [-0.2, -0.15) is 0 Å². The van der Waals surface area contributed by atoms with Crippen molar-refractivity contribution in [3.63, 3.8) is 0 Å². The second-order valence-corrected chi connectivity index (χ2v) is 9.43. The predicted molar refractivity (Wildman–Crippen MR) is 162 cm³/mol. The Morgan fingerprint density at radius 3 is 1.90 bits per heavy atom. The van der Waals surface area contributed by atoms with Crippen LogP contribution in [0, 0.1) is 0 Å². The molecule has 0 aromatic heterocycles. The van der Waals surface area contributed by atoms with Gasteiger partial charge in [0, 0.05) is 13.0 Å². The number of hydrogen-bond acceptors (Lipinski definition) is 6. The van der Waals surface area contributed by atoms with Gasteiger partial charge in [0.1, 0.15) is 12.4 Å². The summed E-state index contributed by atoms with van der Waals surface area (Å²) in [6.07, 6.45) is 1.38. The van der Waals surface area contributed by atoms with Crippen LogP contribution in [0.5, 0.6) is 5.75 Å². The number of fused-ring (bicyclic) bond motifs is 2. The number of hydrogen-bond donors (Lipinski definition) is 2. The number of anilines is 1. The van der Waals surface area contributed by atoms with Crippen molar-refractivity contribution in [3.05, 3.63) is 84.4 Å². The molecular formula is C33H38N2O6. The van der Waals surface area contributed by atoms with Gasteiger partial charge < -0.3 is 29.6 Å². The van der Waals surface area contributed by atoms with Crippen molar-refractivity contribution in [3.8, 4) is 5.75 Å². The first-order chi connectivity index (χ1) is 20.2. The van der Waals surface area contributed by atoms with Gasteiger partial charge in [0.2, 0.25) is 5.91 Å². The van der Waals surface area contributed by atoms with E-state index in [-0.39, 0.29) is 11.8 Å². The van der Waals surface area contributed by atoms with E-state index in [1.54, 1.807) is 0 Å². The summed E-state index contributed by atoms with van der Waals surface area (Å²) in [6.45, 7) is 5.46. The first-order valence-electron chi connectivity index (χ1n) is 14.1. The van der Waals surface area contributed by atoms with E-state index in [2.05, 4.69) is 16.7 Å². The smallest absolute Gasteiger partial charge is 0.257 e. The molecule has 41 heavy (non-hydrogen) atoms. The maximum Gasteiger partial charge on any atom is 0.257 e. The summed E-state index contributed by atoms with van der Waals surface area (Å²) >= 11 is 0. The van der Waals surface area contributed by atoms with Crippen molar-refractivity contribution in [2.24, 2.45) is 0 Å². The van der Waals surface area contributed by atoms with Crippen LogP contribution in [-0.4, -0.2) is 64.6 Å². The normalized spacial score (nSPS) is 11.0. The van der Waals surface area contributed by atoms with Gasteiger partial charge in [0.15, 0.2) is 0 Å². The Morgan fingerprint density at radius 1 is 0.683 bits per heavy atom. The topological polar surface area (TPSA) is 95.1 Å². The zero-order chi connectivity index (χ0) is 28.7. The predicted octanol–water partition coefficient (Wildman–Crippen LogP) is 5.59. The fourth-order valence-electron chi connectivity index (χ4n) is 4.47. The maximum atomic E-state index is 13.6. The highest BCUT2D eigenvalue weighted by molar-refractivity contribution is 6.22. The maximum absolute atomic E-state index is 13.6. The van der Waals surface area contributed by atoms with Crippen LogP contribution < -0.4 is 15.4 Å². The van der Waals surface area contributed by atoms with E-state index in [9.17, 15) is 9.59 Å². The molecule has 0 aliphatic carbocycles. The molecule has 0 saturated heterocycles. The van der Waals surface area contributed by atoms with Crippen LogP contribution in [0.4, 0.5) is 5.69 Å². The number of nitrogens with one attached hydrogen (secondary N) is 2. The van der Waals surface area contributed by atoms with Crippen LogP contribution in [-0.2, 0) is 19.0 Å². The average Bonchev–Trinajstić information content (AvgIpc) is 2.99. The van der Waals surface area contributed by atoms with E-state index < -0.39 is 0 Å². The summed E-state index contributed by atoms with van der Waals surface area (Å²) < 4.78 is 22.5. The lowest BCUT2D eigenvalue weighted by molar-refractivity contribution is -0.121. The zero-order valence-electron chi connectivity index (χ0n) is 23.5. The Morgan fingerprint density at radius 2 is 1.24 bits per heavy atom. The Balaban J connectivity index is 1.19. The summed E-state index contributed by atoms with van der Waals surface area (Å²) in [7, 11) is 0. The Kier molecular flexibility index (Phi) is 11.9. The van der Waals surface area contributed by atoms with Gasteiger partial charge >= 0.3 is 0 Å². The Bertz CT molecular complexity index is 1370. The molecule has 0 heterocycles. The number of ether oxygens (including phenoxy) is 4. The van der Waals surface area contributed by atoms with Crippen LogP contribution in [0.1, 0.15) is 30.1 Å². The number of rotatable bonds is 17. The minimum atomic E-state index is -0.187. The van der Waals surface area contributed by atoms with E-state index >= 15 is 0 Å². The van der Waals surface area contributed by atoms with Gasteiger partial charge in [-0.05, 0) is 46.2 Å². The highest BCUT2D eigenvalue weighted by atomic mass is 16.6. The first-order valence-corrected chi connectivity index (χ1v) is 14.1.